The van der Waals surface area contributed by atoms with Crippen LogP contribution in [0.25, 0.3) is 0 Å². The van der Waals surface area contributed by atoms with Crippen molar-refractivity contribution in [1.82, 2.24) is 24.6 Å². The molecule has 29 heavy (non-hydrogen) atoms. The number of carbonyl (C=O) groups excluding carboxylic acids is 2. The second kappa shape index (κ2) is 8.32. The van der Waals surface area contributed by atoms with Gasteiger partial charge < -0.3 is 19.1 Å². The second-order valence-corrected chi connectivity index (χ2v) is 7.56. The number of likely N-dealkylation sites (tertiary alicyclic amines) is 1. The molecule has 8 nitrogen and oxygen atoms in total. The number of carbonyl (C=O) groups is 2. The number of rotatable bonds is 5. The van der Waals surface area contributed by atoms with Gasteiger partial charge in [-0.1, -0.05) is 12.1 Å². The molecule has 8 heteroatoms. The van der Waals surface area contributed by atoms with Gasteiger partial charge >= 0.3 is 0 Å². The van der Waals surface area contributed by atoms with E-state index in [1.165, 1.54) is 0 Å². The number of benzene rings is 1. The van der Waals surface area contributed by atoms with E-state index in [1.807, 2.05) is 41.0 Å². The van der Waals surface area contributed by atoms with Gasteiger partial charge in [0.2, 0.25) is 5.91 Å². The van der Waals surface area contributed by atoms with Crippen LogP contribution in [-0.4, -0.2) is 56.1 Å². The molecule has 0 spiro atoms. The van der Waals surface area contributed by atoms with Crippen molar-refractivity contribution in [2.24, 2.45) is 0 Å². The summed E-state index contributed by atoms with van der Waals surface area (Å²) in [6.07, 6.45) is 1.89. The van der Waals surface area contributed by atoms with Crippen LogP contribution in [0.1, 0.15) is 60.3 Å². The lowest BCUT2D eigenvalue weighted by Gasteiger charge is -2.30. The molecule has 3 heterocycles. The first-order chi connectivity index (χ1) is 14.1. The summed E-state index contributed by atoms with van der Waals surface area (Å²) in [6.45, 7) is 7.24. The molecule has 0 saturated carbocycles. The van der Waals surface area contributed by atoms with E-state index in [4.69, 9.17) is 4.74 Å². The summed E-state index contributed by atoms with van der Waals surface area (Å²) in [4.78, 5) is 28.5. The number of fused-ring (bicyclic) bond motifs is 1. The summed E-state index contributed by atoms with van der Waals surface area (Å²) >= 11 is 0. The van der Waals surface area contributed by atoms with E-state index >= 15 is 0 Å². The molecule has 1 fully saturated rings. The Morgan fingerprint density at radius 1 is 1.14 bits per heavy atom. The standard InChI is InChI=1S/C21H27N5O3/c1-3-29-14-16-6-8-17(9-7-16)21(28)24-11-12-26-19(13-24)22-23-20(26)18-5-4-10-25(18)15(2)27/h6-9,18H,3-5,10-14H2,1-2H3/t18-/m0/s1. The average molecular weight is 397 g/mol. The van der Waals surface area contributed by atoms with E-state index in [0.717, 1.165) is 36.6 Å². The molecule has 2 aromatic rings. The van der Waals surface area contributed by atoms with Gasteiger partial charge in [-0.3, -0.25) is 9.59 Å². The Labute approximate surface area is 170 Å². The zero-order chi connectivity index (χ0) is 20.4. The second-order valence-electron chi connectivity index (χ2n) is 7.56. The van der Waals surface area contributed by atoms with Crippen LogP contribution in [-0.2, 0) is 29.2 Å². The molecule has 1 aromatic carbocycles. The highest BCUT2D eigenvalue weighted by molar-refractivity contribution is 5.94. The lowest BCUT2D eigenvalue weighted by molar-refractivity contribution is -0.129. The molecular weight excluding hydrogens is 370 g/mol. The summed E-state index contributed by atoms with van der Waals surface area (Å²) in [5.41, 5.74) is 1.72. The Hall–Kier alpha value is -2.74. The smallest absolute Gasteiger partial charge is 0.254 e. The number of hydrogen-bond donors (Lipinski definition) is 0. The van der Waals surface area contributed by atoms with Crippen LogP contribution in [0.4, 0.5) is 0 Å². The van der Waals surface area contributed by atoms with Crippen molar-refractivity contribution >= 4 is 11.8 Å². The number of ether oxygens (including phenoxy) is 1. The Balaban J connectivity index is 1.46. The minimum Gasteiger partial charge on any atom is -0.377 e. The van der Waals surface area contributed by atoms with Gasteiger partial charge in [-0.05, 0) is 37.5 Å². The molecule has 1 saturated heterocycles. The van der Waals surface area contributed by atoms with Crippen molar-refractivity contribution in [3.63, 3.8) is 0 Å². The first-order valence-electron chi connectivity index (χ1n) is 10.2. The van der Waals surface area contributed by atoms with Crippen molar-refractivity contribution in [3.05, 3.63) is 47.0 Å². The minimum absolute atomic E-state index is 0.00464. The van der Waals surface area contributed by atoms with Gasteiger partial charge in [0.1, 0.15) is 0 Å². The SMILES string of the molecule is CCOCc1ccc(C(=O)N2CCn3c(nnc3[C@@H]3CCCN3C(C)=O)C2)cc1. The molecule has 0 aliphatic carbocycles. The average Bonchev–Trinajstić information content (AvgIpc) is 3.38. The van der Waals surface area contributed by atoms with Crippen LogP contribution >= 0.6 is 0 Å². The molecule has 2 aliphatic rings. The summed E-state index contributed by atoms with van der Waals surface area (Å²) in [6, 6.07) is 7.57. The molecule has 2 aliphatic heterocycles. The zero-order valence-electron chi connectivity index (χ0n) is 17.0. The largest absolute Gasteiger partial charge is 0.377 e. The third-order valence-corrected chi connectivity index (χ3v) is 5.70. The maximum absolute atomic E-state index is 12.9. The molecule has 2 amide bonds. The van der Waals surface area contributed by atoms with Gasteiger partial charge in [0, 0.05) is 38.7 Å². The van der Waals surface area contributed by atoms with Gasteiger partial charge in [-0.15, -0.1) is 10.2 Å². The fraction of sp³-hybridized carbons (Fsp3) is 0.524. The monoisotopic (exact) mass is 397 g/mol. The predicted octanol–water partition coefficient (Wildman–Crippen LogP) is 2.15. The van der Waals surface area contributed by atoms with Crippen LogP contribution in [0.3, 0.4) is 0 Å². The Morgan fingerprint density at radius 2 is 1.93 bits per heavy atom. The summed E-state index contributed by atoms with van der Waals surface area (Å²) < 4.78 is 7.49. The zero-order valence-corrected chi connectivity index (χ0v) is 17.0. The highest BCUT2D eigenvalue weighted by Crippen LogP contribution is 2.32. The highest BCUT2D eigenvalue weighted by atomic mass is 16.5. The quantitative estimate of drug-likeness (QED) is 0.772. The third kappa shape index (κ3) is 3.89. The number of nitrogens with zero attached hydrogens (tertiary/aromatic N) is 5. The summed E-state index contributed by atoms with van der Waals surface area (Å²) in [5.74, 6) is 1.70. The molecule has 0 radical (unpaired) electrons. The first kappa shape index (κ1) is 19.6. The topological polar surface area (TPSA) is 80.6 Å². The molecule has 0 bridgehead atoms. The Kier molecular flexibility index (Phi) is 5.62. The minimum atomic E-state index is -0.00566. The highest BCUT2D eigenvalue weighted by Gasteiger charge is 2.34. The number of aromatic nitrogens is 3. The molecule has 4 rings (SSSR count). The van der Waals surface area contributed by atoms with E-state index in [-0.39, 0.29) is 17.9 Å². The number of hydrogen-bond acceptors (Lipinski definition) is 5. The van der Waals surface area contributed by atoms with Gasteiger partial charge in [0.05, 0.1) is 19.2 Å². The summed E-state index contributed by atoms with van der Waals surface area (Å²) in [5, 5.41) is 8.72. The van der Waals surface area contributed by atoms with E-state index in [2.05, 4.69) is 14.8 Å². The molecule has 1 aromatic heterocycles. The molecule has 154 valence electrons. The van der Waals surface area contributed by atoms with Crippen LogP contribution in [0, 0.1) is 0 Å². The van der Waals surface area contributed by atoms with Crippen LogP contribution in [0.5, 0.6) is 0 Å². The van der Waals surface area contributed by atoms with E-state index in [1.54, 1.807) is 6.92 Å². The number of amides is 2. The van der Waals surface area contributed by atoms with Gasteiger partial charge in [-0.2, -0.15) is 0 Å². The van der Waals surface area contributed by atoms with E-state index < -0.39 is 0 Å². The van der Waals surface area contributed by atoms with Crippen molar-refractivity contribution in [1.29, 1.82) is 0 Å². The molecule has 0 N–H and O–H groups in total. The molecule has 0 unspecified atom stereocenters. The fourth-order valence-corrected chi connectivity index (χ4v) is 4.16. The molecule has 1 atom stereocenters. The fourth-order valence-electron chi connectivity index (χ4n) is 4.16. The lowest BCUT2D eigenvalue weighted by atomic mass is 10.1. The van der Waals surface area contributed by atoms with Crippen molar-refractivity contribution in [3.8, 4) is 0 Å². The first-order valence-corrected chi connectivity index (χ1v) is 10.2. The summed E-state index contributed by atoms with van der Waals surface area (Å²) in [7, 11) is 0. The lowest BCUT2D eigenvalue weighted by Crippen LogP contribution is -2.39. The Bertz CT molecular complexity index is 892. The van der Waals surface area contributed by atoms with Crippen molar-refractivity contribution in [2.45, 2.75) is 52.4 Å². The van der Waals surface area contributed by atoms with Crippen LogP contribution < -0.4 is 0 Å². The maximum atomic E-state index is 12.9. The van der Waals surface area contributed by atoms with Crippen LogP contribution in [0.2, 0.25) is 0 Å². The molecular formula is C21H27N5O3. The van der Waals surface area contributed by atoms with Crippen molar-refractivity contribution in [2.75, 3.05) is 19.7 Å². The van der Waals surface area contributed by atoms with Gasteiger partial charge in [0.15, 0.2) is 11.6 Å². The maximum Gasteiger partial charge on any atom is 0.254 e. The third-order valence-electron chi connectivity index (χ3n) is 5.70. The van der Waals surface area contributed by atoms with Gasteiger partial charge in [-0.25, -0.2) is 0 Å². The van der Waals surface area contributed by atoms with Crippen LogP contribution in [0.15, 0.2) is 24.3 Å². The van der Waals surface area contributed by atoms with Crippen molar-refractivity contribution < 1.29 is 14.3 Å². The normalized spacial score (nSPS) is 18.8. The Morgan fingerprint density at radius 3 is 2.66 bits per heavy atom. The predicted molar refractivity (Wildman–Crippen MR) is 106 cm³/mol. The van der Waals surface area contributed by atoms with Gasteiger partial charge in [0.25, 0.3) is 5.91 Å². The van der Waals surface area contributed by atoms with E-state index in [0.29, 0.717) is 38.4 Å². The van der Waals surface area contributed by atoms with E-state index in [9.17, 15) is 9.59 Å².